The minimum Gasteiger partial charge on any atom is -0.392 e. The SMILES string of the molecule is OC1C[C@@H]2[C@@H](/C=C/C3(c4ccc(-c5ccccc5)cc4)OCCO3)[C@H](O)C[C@@H]2O1. The maximum atomic E-state index is 10.5. The predicted octanol–water partition coefficient (Wildman–Crippen LogP) is 3.21. The standard InChI is InChI=1S/C24H26O5/c25-21-15-22-20(14-23(26)29-22)19(21)10-11-24(27-12-13-28-24)18-8-6-17(7-9-18)16-4-2-1-3-5-16/h1-11,19-23,25-26H,12-15H2/b11-10+/t19-,20-,21-,22+,23?/m1/s1. The minimum atomic E-state index is -0.939. The molecule has 152 valence electrons. The summed E-state index contributed by atoms with van der Waals surface area (Å²) >= 11 is 0. The Morgan fingerprint density at radius 3 is 2.28 bits per heavy atom. The van der Waals surface area contributed by atoms with Gasteiger partial charge >= 0.3 is 0 Å². The maximum Gasteiger partial charge on any atom is 0.215 e. The number of aliphatic hydroxyl groups is 2. The van der Waals surface area contributed by atoms with Crippen molar-refractivity contribution in [1.82, 2.24) is 0 Å². The van der Waals surface area contributed by atoms with Crippen molar-refractivity contribution in [2.45, 2.75) is 37.1 Å². The van der Waals surface area contributed by atoms with E-state index in [9.17, 15) is 10.2 Å². The fourth-order valence-electron chi connectivity index (χ4n) is 4.88. The van der Waals surface area contributed by atoms with Gasteiger partial charge in [-0.15, -0.1) is 0 Å². The van der Waals surface area contributed by atoms with E-state index in [-0.39, 0.29) is 17.9 Å². The predicted molar refractivity (Wildman–Crippen MR) is 108 cm³/mol. The van der Waals surface area contributed by atoms with Gasteiger partial charge in [0, 0.05) is 24.3 Å². The van der Waals surface area contributed by atoms with E-state index in [2.05, 4.69) is 24.3 Å². The molecule has 2 aromatic carbocycles. The third-order valence-electron chi connectivity index (χ3n) is 6.34. The summed E-state index contributed by atoms with van der Waals surface area (Å²) in [4.78, 5) is 0. The summed E-state index contributed by atoms with van der Waals surface area (Å²) in [6, 6.07) is 18.5. The van der Waals surface area contributed by atoms with E-state index in [0.29, 0.717) is 26.1 Å². The number of hydrogen-bond acceptors (Lipinski definition) is 5. The van der Waals surface area contributed by atoms with Crippen LogP contribution in [0.4, 0.5) is 0 Å². The largest absolute Gasteiger partial charge is 0.392 e. The number of hydrogen-bond donors (Lipinski definition) is 2. The molecule has 5 atom stereocenters. The van der Waals surface area contributed by atoms with Crippen molar-refractivity contribution >= 4 is 0 Å². The Morgan fingerprint density at radius 1 is 0.862 bits per heavy atom. The van der Waals surface area contributed by atoms with E-state index in [1.165, 1.54) is 0 Å². The molecule has 0 bridgehead atoms. The van der Waals surface area contributed by atoms with Gasteiger partial charge in [-0.25, -0.2) is 0 Å². The van der Waals surface area contributed by atoms with Gasteiger partial charge in [0.05, 0.1) is 25.4 Å². The second-order valence-electron chi connectivity index (χ2n) is 8.08. The van der Waals surface area contributed by atoms with Gasteiger partial charge in [-0.1, -0.05) is 60.7 Å². The Balaban J connectivity index is 1.40. The van der Waals surface area contributed by atoms with Gasteiger partial charge in [-0.05, 0) is 23.1 Å². The Kier molecular flexibility index (Phi) is 5.02. The van der Waals surface area contributed by atoms with Crippen LogP contribution in [0.2, 0.25) is 0 Å². The Labute approximate surface area is 170 Å². The average molecular weight is 394 g/mol. The van der Waals surface area contributed by atoms with Crippen molar-refractivity contribution in [2.24, 2.45) is 11.8 Å². The molecule has 3 aliphatic rings. The summed E-state index contributed by atoms with van der Waals surface area (Å²) in [6.45, 7) is 1.04. The van der Waals surface area contributed by atoms with Crippen molar-refractivity contribution in [3.8, 4) is 11.1 Å². The first kappa shape index (κ1) is 19.0. The van der Waals surface area contributed by atoms with E-state index in [1.54, 1.807) is 0 Å². The highest BCUT2D eigenvalue weighted by atomic mass is 16.7. The lowest BCUT2D eigenvalue weighted by molar-refractivity contribution is -0.123. The molecule has 1 unspecified atom stereocenters. The Bertz CT molecular complexity index is 857. The zero-order chi connectivity index (χ0) is 19.8. The van der Waals surface area contributed by atoms with Gasteiger partial charge in [0.15, 0.2) is 6.29 Å². The fourth-order valence-corrected chi connectivity index (χ4v) is 4.88. The molecular formula is C24H26O5. The van der Waals surface area contributed by atoms with Gasteiger partial charge in [0.1, 0.15) is 0 Å². The first-order valence-corrected chi connectivity index (χ1v) is 10.3. The summed E-state index contributed by atoms with van der Waals surface area (Å²) in [5, 5.41) is 20.3. The fraction of sp³-hybridized carbons (Fsp3) is 0.417. The van der Waals surface area contributed by atoms with Crippen molar-refractivity contribution in [2.75, 3.05) is 13.2 Å². The summed E-state index contributed by atoms with van der Waals surface area (Å²) in [7, 11) is 0. The molecule has 1 aliphatic carbocycles. The van der Waals surface area contributed by atoms with Crippen LogP contribution in [0.25, 0.3) is 11.1 Å². The first-order valence-electron chi connectivity index (χ1n) is 10.3. The monoisotopic (exact) mass is 394 g/mol. The van der Waals surface area contributed by atoms with Crippen LogP contribution in [-0.4, -0.2) is 41.9 Å². The van der Waals surface area contributed by atoms with E-state index < -0.39 is 18.2 Å². The zero-order valence-corrected chi connectivity index (χ0v) is 16.2. The van der Waals surface area contributed by atoms with E-state index in [1.807, 2.05) is 42.5 Å². The third kappa shape index (κ3) is 3.54. The van der Waals surface area contributed by atoms with Gasteiger partial charge in [-0.2, -0.15) is 0 Å². The van der Waals surface area contributed by atoms with Crippen LogP contribution in [0.3, 0.4) is 0 Å². The molecule has 5 heteroatoms. The topological polar surface area (TPSA) is 68.2 Å². The summed E-state index contributed by atoms with van der Waals surface area (Å²) in [5.41, 5.74) is 3.23. The van der Waals surface area contributed by atoms with Crippen LogP contribution in [0.1, 0.15) is 18.4 Å². The molecule has 2 N–H and O–H groups in total. The highest BCUT2D eigenvalue weighted by molar-refractivity contribution is 5.63. The van der Waals surface area contributed by atoms with E-state index >= 15 is 0 Å². The van der Waals surface area contributed by atoms with Crippen LogP contribution in [0.5, 0.6) is 0 Å². The van der Waals surface area contributed by atoms with Crippen LogP contribution in [0, 0.1) is 11.8 Å². The highest BCUT2D eigenvalue weighted by Gasteiger charge is 2.48. The van der Waals surface area contributed by atoms with Gasteiger partial charge < -0.3 is 24.4 Å². The molecular weight excluding hydrogens is 368 g/mol. The highest BCUT2D eigenvalue weighted by Crippen LogP contribution is 2.44. The molecule has 0 spiro atoms. The van der Waals surface area contributed by atoms with Gasteiger partial charge in [0.2, 0.25) is 5.79 Å². The molecule has 5 nitrogen and oxygen atoms in total. The average Bonchev–Trinajstić information content (AvgIpc) is 3.43. The smallest absolute Gasteiger partial charge is 0.215 e. The molecule has 2 saturated heterocycles. The molecule has 2 heterocycles. The Morgan fingerprint density at radius 2 is 1.55 bits per heavy atom. The molecule has 1 saturated carbocycles. The van der Waals surface area contributed by atoms with Crippen molar-refractivity contribution in [3.63, 3.8) is 0 Å². The van der Waals surface area contributed by atoms with E-state index in [0.717, 1.165) is 16.7 Å². The lowest BCUT2D eigenvalue weighted by atomic mass is 9.90. The maximum absolute atomic E-state index is 10.5. The van der Waals surface area contributed by atoms with Gasteiger partial charge in [0.25, 0.3) is 0 Å². The number of ether oxygens (including phenoxy) is 3. The number of benzene rings is 2. The van der Waals surface area contributed by atoms with Crippen LogP contribution in [0.15, 0.2) is 66.7 Å². The second-order valence-corrected chi connectivity index (χ2v) is 8.08. The molecule has 3 fully saturated rings. The van der Waals surface area contributed by atoms with Crippen LogP contribution >= 0.6 is 0 Å². The number of fused-ring (bicyclic) bond motifs is 1. The van der Waals surface area contributed by atoms with Crippen molar-refractivity contribution < 1.29 is 24.4 Å². The van der Waals surface area contributed by atoms with Crippen molar-refractivity contribution in [1.29, 1.82) is 0 Å². The number of rotatable bonds is 4. The quantitative estimate of drug-likeness (QED) is 0.780. The molecule has 0 amide bonds. The number of aliphatic hydroxyl groups excluding tert-OH is 2. The summed E-state index contributed by atoms with van der Waals surface area (Å²) < 4.78 is 17.6. The first-order chi connectivity index (χ1) is 14.1. The molecule has 5 rings (SSSR count). The second kappa shape index (κ2) is 7.67. The van der Waals surface area contributed by atoms with Crippen molar-refractivity contribution in [3.05, 3.63) is 72.3 Å². The normalized spacial score (nSPS) is 33.4. The third-order valence-corrected chi connectivity index (χ3v) is 6.34. The van der Waals surface area contributed by atoms with Crippen LogP contribution in [-0.2, 0) is 20.0 Å². The Hall–Kier alpha value is -2.02. The summed E-state index contributed by atoms with van der Waals surface area (Å²) in [6.07, 6.45) is 3.74. The lowest BCUT2D eigenvalue weighted by Gasteiger charge is -2.26. The minimum absolute atomic E-state index is 0.0783. The van der Waals surface area contributed by atoms with Gasteiger partial charge in [-0.3, -0.25) is 0 Å². The van der Waals surface area contributed by atoms with E-state index in [4.69, 9.17) is 14.2 Å². The summed E-state index contributed by atoms with van der Waals surface area (Å²) in [5.74, 6) is -0.897. The molecule has 2 aliphatic heterocycles. The molecule has 0 aromatic heterocycles. The zero-order valence-electron chi connectivity index (χ0n) is 16.2. The molecule has 2 aromatic rings. The lowest BCUT2D eigenvalue weighted by Crippen LogP contribution is -2.26. The molecule has 29 heavy (non-hydrogen) atoms. The molecule has 0 radical (unpaired) electrons. The van der Waals surface area contributed by atoms with Crippen LogP contribution < -0.4 is 0 Å².